The largest absolute Gasteiger partial charge is 0.456 e. The molecule has 0 N–H and O–H groups in total. The van der Waals surface area contributed by atoms with Crippen molar-refractivity contribution in [3.63, 3.8) is 0 Å². The third kappa shape index (κ3) is 6.05. The quantitative estimate of drug-likeness (QED) is 0.149. The summed E-state index contributed by atoms with van der Waals surface area (Å²) in [5.74, 6) is 0. The second kappa shape index (κ2) is 15.0. The Morgan fingerprint density at radius 3 is 1.58 bits per heavy atom. The Bertz CT molecular complexity index is 3870. The predicted molar refractivity (Wildman–Crippen MR) is 274 cm³/mol. The van der Waals surface area contributed by atoms with Crippen LogP contribution in [-0.4, -0.2) is 4.57 Å². The molecule has 0 amide bonds. The molecule has 13 rings (SSSR count). The molecule has 3 nitrogen and oxygen atoms in total. The molecule has 0 aliphatic carbocycles. The first-order valence-corrected chi connectivity index (χ1v) is 22.2. The van der Waals surface area contributed by atoms with E-state index in [0.717, 1.165) is 72.4 Å². The maximum atomic E-state index is 6.73. The fourth-order valence-electron chi connectivity index (χ4n) is 10.2. The summed E-state index contributed by atoms with van der Waals surface area (Å²) in [4.78, 5) is 2.30. The Morgan fingerprint density at radius 1 is 0.323 bits per heavy atom. The number of hydrogen-bond acceptors (Lipinski definition) is 2. The van der Waals surface area contributed by atoms with Crippen LogP contribution in [0.2, 0.25) is 0 Å². The number of anilines is 3. The normalized spacial score (nSPS) is 11.7. The van der Waals surface area contributed by atoms with Crippen molar-refractivity contribution < 1.29 is 4.42 Å². The summed E-state index contributed by atoms with van der Waals surface area (Å²) >= 11 is 0. The molecular weight excluding hydrogens is 789 g/mol. The SMILES string of the molecule is c1ccc(-c2c3c(cc4c2c2ccc(-c5cc6ccccc6c6ccccc56)cc2n4-c2ccc(-c4ccc(N(c5ccccc5)c5ccccc5)cc4)cc2)oc2ccccc23)cc1. The summed E-state index contributed by atoms with van der Waals surface area (Å²) in [7, 11) is 0. The van der Waals surface area contributed by atoms with Gasteiger partial charge in [0.25, 0.3) is 0 Å². The van der Waals surface area contributed by atoms with Crippen LogP contribution >= 0.6 is 0 Å². The van der Waals surface area contributed by atoms with Crippen LogP contribution in [0.1, 0.15) is 0 Å². The molecule has 3 heteroatoms. The van der Waals surface area contributed by atoms with Gasteiger partial charge >= 0.3 is 0 Å². The van der Waals surface area contributed by atoms with Crippen molar-refractivity contribution in [3.05, 3.63) is 243 Å². The average molecular weight is 829 g/mol. The lowest BCUT2D eigenvalue weighted by molar-refractivity contribution is 0.669. The number of nitrogens with zero attached hydrogens (tertiary/aromatic N) is 2. The molecule has 0 radical (unpaired) electrons. The topological polar surface area (TPSA) is 21.3 Å². The van der Waals surface area contributed by atoms with Crippen LogP contribution in [0, 0.1) is 0 Å². The van der Waals surface area contributed by atoms with Gasteiger partial charge in [-0.15, -0.1) is 0 Å². The predicted octanol–water partition coefficient (Wildman–Crippen LogP) is 17.5. The highest BCUT2D eigenvalue weighted by atomic mass is 16.3. The molecule has 0 unspecified atom stereocenters. The zero-order valence-electron chi connectivity index (χ0n) is 35.4. The molecule has 11 aromatic carbocycles. The van der Waals surface area contributed by atoms with Crippen molar-refractivity contribution in [1.29, 1.82) is 0 Å². The molecule has 13 aromatic rings. The molecule has 2 heterocycles. The van der Waals surface area contributed by atoms with Crippen molar-refractivity contribution in [2.45, 2.75) is 0 Å². The maximum Gasteiger partial charge on any atom is 0.138 e. The fraction of sp³-hybridized carbons (Fsp3) is 0. The van der Waals surface area contributed by atoms with Crippen molar-refractivity contribution in [2.24, 2.45) is 0 Å². The Kier molecular flexibility index (Phi) is 8.53. The third-order valence-electron chi connectivity index (χ3n) is 13.2. The van der Waals surface area contributed by atoms with E-state index >= 15 is 0 Å². The van der Waals surface area contributed by atoms with E-state index in [9.17, 15) is 0 Å². The van der Waals surface area contributed by atoms with Crippen LogP contribution < -0.4 is 4.90 Å². The minimum absolute atomic E-state index is 0.874. The molecule has 0 bridgehead atoms. The zero-order valence-corrected chi connectivity index (χ0v) is 35.4. The molecule has 0 saturated carbocycles. The molecule has 0 saturated heterocycles. The van der Waals surface area contributed by atoms with Gasteiger partial charge in [-0.1, -0.05) is 170 Å². The van der Waals surface area contributed by atoms with Gasteiger partial charge < -0.3 is 13.9 Å². The average Bonchev–Trinajstić information content (AvgIpc) is 3.91. The Hall–Kier alpha value is -8.66. The summed E-state index contributed by atoms with van der Waals surface area (Å²) in [5, 5.41) is 9.67. The highest BCUT2D eigenvalue weighted by Crippen LogP contribution is 2.47. The van der Waals surface area contributed by atoms with E-state index in [-0.39, 0.29) is 0 Å². The van der Waals surface area contributed by atoms with Gasteiger partial charge in [-0.3, -0.25) is 0 Å². The van der Waals surface area contributed by atoms with E-state index < -0.39 is 0 Å². The van der Waals surface area contributed by atoms with Crippen LogP contribution in [0.15, 0.2) is 247 Å². The number of rotatable bonds is 7. The first kappa shape index (κ1) is 36.9. The van der Waals surface area contributed by atoms with E-state index in [1.54, 1.807) is 0 Å². The van der Waals surface area contributed by atoms with Gasteiger partial charge in [-0.25, -0.2) is 0 Å². The van der Waals surface area contributed by atoms with Crippen LogP contribution in [0.4, 0.5) is 17.1 Å². The van der Waals surface area contributed by atoms with Gasteiger partial charge in [0, 0.05) is 55.9 Å². The van der Waals surface area contributed by atoms with Crippen molar-refractivity contribution >= 4 is 82.4 Å². The Labute approximate surface area is 376 Å². The van der Waals surface area contributed by atoms with E-state index in [0.29, 0.717) is 0 Å². The summed E-state index contributed by atoms with van der Waals surface area (Å²) < 4.78 is 9.18. The molecule has 304 valence electrons. The summed E-state index contributed by atoms with van der Waals surface area (Å²) in [6.07, 6.45) is 0. The van der Waals surface area contributed by atoms with E-state index in [1.807, 2.05) is 0 Å². The lowest BCUT2D eigenvalue weighted by Gasteiger charge is -2.25. The van der Waals surface area contributed by atoms with E-state index in [4.69, 9.17) is 4.42 Å². The molecule has 0 aliphatic heterocycles. The molecule has 0 spiro atoms. The van der Waals surface area contributed by atoms with Crippen molar-refractivity contribution in [1.82, 2.24) is 4.57 Å². The monoisotopic (exact) mass is 828 g/mol. The second-order valence-electron chi connectivity index (χ2n) is 16.8. The van der Waals surface area contributed by atoms with Gasteiger partial charge in [0.1, 0.15) is 11.2 Å². The minimum Gasteiger partial charge on any atom is -0.456 e. The maximum absolute atomic E-state index is 6.73. The van der Waals surface area contributed by atoms with Gasteiger partial charge in [0.05, 0.1) is 11.0 Å². The lowest BCUT2D eigenvalue weighted by Crippen LogP contribution is -2.09. The number of hydrogen-bond donors (Lipinski definition) is 0. The van der Waals surface area contributed by atoms with E-state index in [1.165, 1.54) is 49.0 Å². The lowest BCUT2D eigenvalue weighted by atomic mass is 9.92. The molecule has 2 aromatic heterocycles. The summed E-state index contributed by atoms with van der Waals surface area (Å²) in [6, 6.07) is 87.5. The molecular formula is C62H40N2O. The fourth-order valence-corrected chi connectivity index (χ4v) is 10.2. The first-order valence-electron chi connectivity index (χ1n) is 22.2. The third-order valence-corrected chi connectivity index (χ3v) is 13.2. The molecule has 65 heavy (non-hydrogen) atoms. The first-order chi connectivity index (χ1) is 32.2. The van der Waals surface area contributed by atoms with Crippen LogP contribution in [0.5, 0.6) is 0 Å². The van der Waals surface area contributed by atoms with Gasteiger partial charge in [-0.05, 0) is 116 Å². The van der Waals surface area contributed by atoms with Gasteiger partial charge in [-0.2, -0.15) is 0 Å². The molecule has 0 fully saturated rings. The van der Waals surface area contributed by atoms with Crippen molar-refractivity contribution in [3.8, 4) is 39.1 Å². The van der Waals surface area contributed by atoms with Crippen LogP contribution in [0.3, 0.4) is 0 Å². The van der Waals surface area contributed by atoms with Gasteiger partial charge in [0.2, 0.25) is 0 Å². The smallest absolute Gasteiger partial charge is 0.138 e. The molecule has 0 aliphatic rings. The van der Waals surface area contributed by atoms with Gasteiger partial charge in [0.15, 0.2) is 0 Å². The Morgan fingerprint density at radius 2 is 0.877 bits per heavy atom. The number of para-hydroxylation sites is 3. The standard InChI is InChI=1S/C62H40N2O/c1-4-16-43(17-5-1)60-61-53-37-32-45(55-38-44-18-10-11-23-50(44)51-24-12-13-25-52(51)55)39-56(53)64(57(61)40-59-62(60)54-26-14-15-27-58(54)65-59)49-35-30-42(31-36-49)41-28-33-48(34-29-41)63(46-19-6-2-7-20-46)47-21-8-3-9-22-47/h1-40H. The highest BCUT2D eigenvalue weighted by Gasteiger charge is 2.24. The second-order valence-corrected chi connectivity index (χ2v) is 16.8. The van der Waals surface area contributed by atoms with Crippen molar-refractivity contribution in [2.75, 3.05) is 4.90 Å². The number of benzene rings is 11. The van der Waals surface area contributed by atoms with E-state index in [2.05, 4.69) is 252 Å². The summed E-state index contributed by atoms with van der Waals surface area (Å²) in [5.41, 5.74) is 15.5. The number of aromatic nitrogens is 1. The highest BCUT2D eigenvalue weighted by molar-refractivity contribution is 6.27. The zero-order chi connectivity index (χ0) is 42.8. The molecule has 0 atom stereocenters. The van der Waals surface area contributed by atoms with Crippen LogP contribution in [-0.2, 0) is 0 Å². The number of furan rings is 1. The number of fused-ring (bicyclic) bond motifs is 9. The minimum atomic E-state index is 0.874. The van der Waals surface area contributed by atoms with Crippen LogP contribution in [0.25, 0.3) is 104 Å². The Balaban J connectivity index is 1.02. The summed E-state index contributed by atoms with van der Waals surface area (Å²) in [6.45, 7) is 0.